The van der Waals surface area contributed by atoms with E-state index in [9.17, 15) is 4.79 Å². The van der Waals surface area contributed by atoms with Gasteiger partial charge in [0.1, 0.15) is 5.92 Å². The zero-order valence-corrected chi connectivity index (χ0v) is 13.2. The Labute approximate surface area is 122 Å². The molecule has 0 heterocycles. The Balaban J connectivity index is 2.94. The molecule has 0 spiro atoms. The number of rotatable bonds is 6. The van der Waals surface area contributed by atoms with Gasteiger partial charge in [-0.05, 0) is 24.7 Å². The summed E-state index contributed by atoms with van der Waals surface area (Å²) in [4.78, 5) is 14.8. The van der Waals surface area contributed by atoms with Crippen molar-refractivity contribution < 1.29 is 10.0 Å². The first-order valence-corrected chi connectivity index (χ1v) is 7.66. The molecule has 0 aromatic heterocycles. The van der Waals surface area contributed by atoms with Gasteiger partial charge in [0.25, 0.3) is 0 Å². The highest BCUT2D eigenvalue weighted by Crippen LogP contribution is 2.27. The maximum atomic E-state index is 12.9. The number of nitrogens with zero attached hydrogens (tertiary/aromatic N) is 2. The largest absolute Gasteiger partial charge is 0.409 e. The van der Waals surface area contributed by atoms with Crippen LogP contribution in [0.25, 0.3) is 0 Å². The maximum absolute atomic E-state index is 12.9. The van der Waals surface area contributed by atoms with Crippen LogP contribution in [0.1, 0.15) is 53.4 Å². The summed E-state index contributed by atoms with van der Waals surface area (Å²) >= 11 is 0. The molecular formula is C15H29N3O2. The molecule has 1 aliphatic rings. The Morgan fingerprint density at radius 3 is 2.25 bits per heavy atom. The van der Waals surface area contributed by atoms with Crippen molar-refractivity contribution in [3.8, 4) is 0 Å². The number of oxime groups is 1. The van der Waals surface area contributed by atoms with Crippen molar-refractivity contribution in [1.29, 1.82) is 0 Å². The molecule has 0 aliphatic heterocycles. The lowest BCUT2D eigenvalue weighted by molar-refractivity contribution is -0.137. The molecule has 116 valence electrons. The van der Waals surface area contributed by atoms with Gasteiger partial charge in [-0.3, -0.25) is 4.79 Å². The third-order valence-electron chi connectivity index (χ3n) is 3.98. The summed E-state index contributed by atoms with van der Waals surface area (Å²) in [7, 11) is 0. The molecule has 0 radical (unpaired) electrons. The fourth-order valence-corrected chi connectivity index (χ4v) is 3.02. The molecule has 1 fully saturated rings. The fourth-order valence-electron chi connectivity index (χ4n) is 3.02. The zero-order valence-electron chi connectivity index (χ0n) is 13.2. The molecule has 5 heteroatoms. The van der Waals surface area contributed by atoms with Gasteiger partial charge in [0, 0.05) is 12.6 Å². The van der Waals surface area contributed by atoms with E-state index in [-0.39, 0.29) is 17.7 Å². The van der Waals surface area contributed by atoms with E-state index in [1.54, 1.807) is 0 Å². The van der Waals surface area contributed by atoms with Crippen LogP contribution in [0.3, 0.4) is 0 Å². The minimum atomic E-state index is -0.528. The third kappa shape index (κ3) is 4.12. The molecule has 0 bridgehead atoms. The Bertz CT molecular complexity index is 347. The Morgan fingerprint density at radius 2 is 1.85 bits per heavy atom. The van der Waals surface area contributed by atoms with Crippen molar-refractivity contribution in [1.82, 2.24) is 4.90 Å². The number of hydrogen-bond donors (Lipinski definition) is 2. The molecule has 1 saturated carbocycles. The van der Waals surface area contributed by atoms with Crippen LogP contribution in [0.15, 0.2) is 5.16 Å². The maximum Gasteiger partial charge on any atom is 0.233 e. The lowest BCUT2D eigenvalue weighted by Crippen LogP contribution is -2.49. The summed E-state index contributed by atoms with van der Waals surface area (Å²) in [5.74, 6) is -0.0545. The summed E-state index contributed by atoms with van der Waals surface area (Å²) in [5.41, 5.74) is 5.74. The van der Waals surface area contributed by atoms with Crippen LogP contribution in [0.5, 0.6) is 0 Å². The highest BCUT2D eigenvalue weighted by molar-refractivity contribution is 6.02. The molecule has 0 saturated heterocycles. The van der Waals surface area contributed by atoms with Gasteiger partial charge in [0.15, 0.2) is 5.84 Å². The van der Waals surface area contributed by atoms with Crippen molar-refractivity contribution in [2.75, 3.05) is 6.54 Å². The van der Waals surface area contributed by atoms with Crippen LogP contribution in [-0.4, -0.2) is 34.4 Å². The van der Waals surface area contributed by atoms with E-state index >= 15 is 0 Å². The van der Waals surface area contributed by atoms with Crippen LogP contribution in [0, 0.1) is 17.8 Å². The molecule has 0 aromatic carbocycles. The molecular weight excluding hydrogens is 254 g/mol. The Kier molecular flexibility index (Phi) is 6.30. The molecule has 20 heavy (non-hydrogen) atoms. The minimum absolute atomic E-state index is 0.0101. The molecule has 0 aromatic rings. The van der Waals surface area contributed by atoms with Gasteiger partial charge in [0.2, 0.25) is 5.91 Å². The summed E-state index contributed by atoms with van der Waals surface area (Å²) in [5, 5.41) is 12.0. The van der Waals surface area contributed by atoms with Crippen molar-refractivity contribution in [3.63, 3.8) is 0 Å². The standard InChI is InChI=1S/C15H29N3O2/c1-10(2)9-18(12-7-5-6-8-12)15(19)13(11(3)4)14(16)17-20/h10-13,20H,5-9H2,1-4H3,(H2,16,17). The van der Waals surface area contributed by atoms with E-state index in [0.29, 0.717) is 12.0 Å². The second kappa shape index (κ2) is 7.50. The van der Waals surface area contributed by atoms with Gasteiger partial charge in [-0.2, -0.15) is 0 Å². The van der Waals surface area contributed by atoms with Gasteiger partial charge in [-0.15, -0.1) is 0 Å². The first-order valence-electron chi connectivity index (χ1n) is 7.66. The highest BCUT2D eigenvalue weighted by atomic mass is 16.4. The number of carbonyl (C=O) groups is 1. The number of amidine groups is 1. The summed E-state index contributed by atoms with van der Waals surface area (Å²) in [6.45, 7) is 8.84. The first-order chi connectivity index (χ1) is 9.38. The van der Waals surface area contributed by atoms with Crippen LogP contribution in [-0.2, 0) is 4.79 Å². The smallest absolute Gasteiger partial charge is 0.233 e. The second-order valence-corrected chi connectivity index (χ2v) is 6.57. The predicted molar refractivity (Wildman–Crippen MR) is 80.5 cm³/mol. The van der Waals surface area contributed by atoms with Crippen molar-refractivity contribution in [3.05, 3.63) is 0 Å². The average Bonchev–Trinajstić information content (AvgIpc) is 2.88. The minimum Gasteiger partial charge on any atom is -0.409 e. The Hall–Kier alpha value is -1.26. The lowest BCUT2D eigenvalue weighted by atomic mass is 9.92. The molecule has 1 aliphatic carbocycles. The van der Waals surface area contributed by atoms with Gasteiger partial charge in [-0.25, -0.2) is 0 Å². The van der Waals surface area contributed by atoms with E-state index < -0.39 is 5.92 Å². The van der Waals surface area contributed by atoms with Crippen molar-refractivity contribution in [2.24, 2.45) is 28.6 Å². The monoisotopic (exact) mass is 283 g/mol. The average molecular weight is 283 g/mol. The van der Waals surface area contributed by atoms with E-state index in [1.807, 2.05) is 18.7 Å². The zero-order chi connectivity index (χ0) is 15.3. The highest BCUT2D eigenvalue weighted by Gasteiger charge is 2.35. The quantitative estimate of drug-likeness (QED) is 0.340. The molecule has 1 amide bonds. The summed E-state index contributed by atoms with van der Waals surface area (Å²) in [6, 6.07) is 0.317. The Morgan fingerprint density at radius 1 is 1.30 bits per heavy atom. The molecule has 3 N–H and O–H groups in total. The van der Waals surface area contributed by atoms with Gasteiger partial charge >= 0.3 is 0 Å². The van der Waals surface area contributed by atoms with Crippen LogP contribution in [0.4, 0.5) is 0 Å². The number of carbonyl (C=O) groups excluding carboxylic acids is 1. The normalized spacial score (nSPS) is 18.8. The molecule has 1 atom stereocenters. The van der Waals surface area contributed by atoms with Crippen molar-refractivity contribution in [2.45, 2.75) is 59.4 Å². The molecule has 5 nitrogen and oxygen atoms in total. The van der Waals surface area contributed by atoms with E-state index in [4.69, 9.17) is 10.9 Å². The van der Waals surface area contributed by atoms with E-state index in [2.05, 4.69) is 19.0 Å². The fraction of sp³-hybridized carbons (Fsp3) is 0.867. The topological polar surface area (TPSA) is 78.9 Å². The number of nitrogens with two attached hydrogens (primary N) is 1. The lowest BCUT2D eigenvalue weighted by Gasteiger charge is -2.34. The van der Waals surface area contributed by atoms with Gasteiger partial charge in [0.05, 0.1) is 0 Å². The van der Waals surface area contributed by atoms with Gasteiger partial charge in [-0.1, -0.05) is 45.7 Å². The number of amides is 1. The summed E-state index contributed by atoms with van der Waals surface area (Å²) in [6.07, 6.45) is 4.50. The first kappa shape index (κ1) is 16.8. The molecule has 1 rings (SSSR count). The predicted octanol–water partition coefficient (Wildman–Crippen LogP) is 2.43. The van der Waals surface area contributed by atoms with Crippen molar-refractivity contribution >= 4 is 11.7 Å². The SMILES string of the molecule is CC(C)CN(C(=O)C(C(N)=NO)C(C)C)C1CCCC1. The van der Waals surface area contributed by atoms with E-state index in [1.165, 1.54) is 12.8 Å². The van der Waals surface area contributed by atoms with Crippen LogP contribution in [0.2, 0.25) is 0 Å². The van der Waals surface area contributed by atoms with E-state index in [0.717, 1.165) is 19.4 Å². The third-order valence-corrected chi connectivity index (χ3v) is 3.98. The summed E-state index contributed by atoms with van der Waals surface area (Å²) < 4.78 is 0. The second-order valence-electron chi connectivity index (χ2n) is 6.57. The number of hydrogen-bond acceptors (Lipinski definition) is 3. The van der Waals surface area contributed by atoms with Crippen LogP contribution >= 0.6 is 0 Å². The molecule has 1 unspecified atom stereocenters. The van der Waals surface area contributed by atoms with Gasteiger partial charge < -0.3 is 15.8 Å². The van der Waals surface area contributed by atoms with Crippen LogP contribution < -0.4 is 5.73 Å².